The fourth-order valence-corrected chi connectivity index (χ4v) is 1.66. The molecule has 1 unspecified atom stereocenters. The fourth-order valence-electron chi connectivity index (χ4n) is 1.21. The highest BCUT2D eigenvalue weighted by atomic mass is 79.9. The minimum absolute atomic E-state index is 0.175. The zero-order valence-corrected chi connectivity index (χ0v) is 9.84. The average Bonchev–Trinajstić information content (AvgIpc) is 2.19. The smallest absolute Gasteiger partial charge is 0.0686 e. The van der Waals surface area contributed by atoms with Crippen molar-refractivity contribution >= 4 is 15.9 Å². The normalized spacial score (nSPS) is 12.1. The predicted octanol–water partition coefficient (Wildman–Crippen LogP) is 2.95. The molecule has 0 heterocycles. The molecule has 0 saturated heterocycles. The van der Waals surface area contributed by atoms with Crippen molar-refractivity contribution in [3.8, 4) is 12.3 Å². The van der Waals surface area contributed by atoms with Gasteiger partial charge in [0, 0.05) is 11.0 Å². The molecule has 1 aromatic rings. The molecule has 0 amide bonds. The van der Waals surface area contributed by atoms with Crippen molar-refractivity contribution in [3.63, 3.8) is 0 Å². The van der Waals surface area contributed by atoms with E-state index in [2.05, 4.69) is 46.2 Å². The molecule has 14 heavy (non-hydrogen) atoms. The van der Waals surface area contributed by atoms with Crippen molar-refractivity contribution in [1.29, 1.82) is 0 Å². The molecule has 1 rings (SSSR count). The summed E-state index contributed by atoms with van der Waals surface area (Å²) in [4.78, 5) is 0. The summed E-state index contributed by atoms with van der Waals surface area (Å²) in [5.41, 5.74) is 1.24. The van der Waals surface area contributed by atoms with E-state index in [-0.39, 0.29) is 6.04 Å². The molecular weight excluding hydrogens is 238 g/mol. The van der Waals surface area contributed by atoms with Gasteiger partial charge in [-0.3, -0.25) is 5.32 Å². The van der Waals surface area contributed by atoms with Crippen LogP contribution >= 0.6 is 15.9 Å². The molecule has 1 nitrogen and oxygen atoms in total. The van der Waals surface area contributed by atoms with Crippen LogP contribution in [0, 0.1) is 12.3 Å². The third-order valence-electron chi connectivity index (χ3n) is 2.05. The van der Waals surface area contributed by atoms with E-state index >= 15 is 0 Å². The van der Waals surface area contributed by atoms with Crippen LogP contribution in [-0.2, 0) is 6.54 Å². The topological polar surface area (TPSA) is 12.0 Å². The summed E-state index contributed by atoms with van der Waals surface area (Å²) in [6, 6.07) is 8.39. The maximum Gasteiger partial charge on any atom is 0.0686 e. The zero-order valence-electron chi connectivity index (χ0n) is 8.26. The molecule has 0 radical (unpaired) electrons. The summed E-state index contributed by atoms with van der Waals surface area (Å²) in [5.74, 6) is 2.71. The van der Waals surface area contributed by atoms with E-state index in [0.717, 1.165) is 17.4 Å². The van der Waals surface area contributed by atoms with Crippen LogP contribution in [0.4, 0.5) is 0 Å². The van der Waals surface area contributed by atoms with Crippen LogP contribution in [0.2, 0.25) is 0 Å². The van der Waals surface area contributed by atoms with E-state index < -0.39 is 0 Å². The van der Waals surface area contributed by atoms with Crippen LogP contribution < -0.4 is 5.32 Å². The van der Waals surface area contributed by atoms with E-state index in [1.807, 2.05) is 12.1 Å². The Morgan fingerprint density at radius 3 is 2.93 bits per heavy atom. The van der Waals surface area contributed by atoms with E-state index in [0.29, 0.717) is 0 Å². The summed E-state index contributed by atoms with van der Waals surface area (Å²) >= 11 is 3.44. The van der Waals surface area contributed by atoms with Crippen LogP contribution in [0.25, 0.3) is 0 Å². The van der Waals surface area contributed by atoms with Crippen molar-refractivity contribution in [2.24, 2.45) is 0 Å². The molecule has 0 aliphatic carbocycles. The third-order valence-corrected chi connectivity index (χ3v) is 2.54. The van der Waals surface area contributed by atoms with Crippen molar-refractivity contribution in [2.45, 2.75) is 25.9 Å². The van der Waals surface area contributed by atoms with Gasteiger partial charge in [-0.15, -0.1) is 6.42 Å². The second-order valence-electron chi connectivity index (χ2n) is 3.14. The molecule has 0 spiro atoms. The Labute approximate surface area is 94.0 Å². The summed E-state index contributed by atoms with van der Waals surface area (Å²) in [5, 5.41) is 3.31. The summed E-state index contributed by atoms with van der Waals surface area (Å²) in [6.45, 7) is 2.90. The lowest BCUT2D eigenvalue weighted by Gasteiger charge is -2.10. The van der Waals surface area contributed by atoms with Crippen LogP contribution in [0.15, 0.2) is 28.7 Å². The Balaban J connectivity index is 2.50. The van der Waals surface area contributed by atoms with Gasteiger partial charge < -0.3 is 0 Å². The molecule has 74 valence electrons. The lowest BCUT2D eigenvalue weighted by atomic mass is 10.2. The second-order valence-corrected chi connectivity index (χ2v) is 4.05. The largest absolute Gasteiger partial charge is 0.300 e. The van der Waals surface area contributed by atoms with Gasteiger partial charge >= 0.3 is 0 Å². The maximum absolute atomic E-state index is 5.36. The Hall–Kier alpha value is -0.780. The van der Waals surface area contributed by atoms with Gasteiger partial charge in [-0.2, -0.15) is 0 Å². The monoisotopic (exact) mass is 251 g/mol. The van der Waals surface area contributed by atoms with E-state index in [9.17, 15) is 0 Å². The van der Waals surface area contributed by atoms with Gasteiger partial charge in [0.2, 0.25) is 0 Å². The summed E-state index contributed by atoms with van der Waals surface area (Å²) in [6.07, 6.45) is 6.32. The Morgan fingerprint density at radius 2 is 2.36 bits per heavy atom. The van der Waals surface area contributed by atoms with Crippen LogP contribution in [0.1, 0.15) is 18.9 Å². The van der Waals surface area contributed by atoms with Crippen LogP contribution in [0.5, 0.6) is 0 Å². The molecule has 0 aromatic heterocycles. The molecule has 1 N–H and O–H groups in total. The molecule has 0 fully saturated rings. The molecule has 0 bridgehead atoms. The highest BCUT2D eigenvalue weighted by molar-refractivity contribution is 9.10. The summed E-state index contributed by atoms with van der Waals surface area (Å²) < 4.78 is 1.10. The number of terminal acetylenes is 1. The molecule has 0 saturated carbocycles. The third kappa shape index (κ3) is 3.53. The van der Waals surface area contributed by atoms with Crippen molar-refractivity contribution < 1.29 is 0 Å². The highest BCUT2D eigenvalue weighted by Crippen LogP contribution is 2.11. The van der Waals surface area contributed by atoms with E-state index in [4.69, 9.17) is 6.42 Å². The first-order valence-corrected chi connectivity index (χ1v) is 5.49. The number of hydrogen-bond donors (Lipinski definition) is 1. The molecular formula is C12H14BrN. The minimum atomic E-state index is 0.175. The Morgan fingerprint density at radius 1 is 1.57 bits per heavy atom. The first kappa shape index (κ1) is 11.3. The van der Waals surface area contributed by atoms with Gasteiger partial charge in [-0.05, 0) is 24.1 Å². The minimum Gasteiger partial charge on any atom is -0.300 e. The lowest BCUT2D eigenvalue weighted by Crippen LogP contribution is -2.26. The quantitative estimate of drug-likeness (QED) is 0.812. The first-order chi connectivity index (χ1) is 6.76. The zero-order chi connectivity index (χ0) is 10.4. The molecule has 1 atom stereocenters. The molecule has 1 aromatic carbocycles. The van der Waals surface area contributed by atoms with Gasteiger partial charge in [0.1, 0.15) is 0 Å². The molecule has 0 aliphatic rings. The number of halogens is 1. The highest BCUT2D eigenvalue weighted by Gasteiger charge is 2.00. The number of benzene rings is 1. The second kappa shape index (κ2) is 5.85. The van der Waals surface area contributed by atoms with Crippen LogP contribution in [0.3, 0.4) is 0 Å². The van der Waals surface area contributed by atoms with Crippen molar-refractivity contribution in [1.82, 2.24) is 5.32 Å². The van der Waals surface area contributed by atoms with Gasteiger partial charge in [0.05, 0.1) is 6.04 Å². The predicted molar refractivity (Wildman–Crippen MR) is 63.9 cm³/mol. The van der Waals surface area contributed by atoms with Crippen LogP contribution in [-0.4, -0.2) is 6.04 Å². The SMILES string of the molecule is C#CC(CC)NCc1cccc(Br)c1. The Bertz CT molecular complexity index is 327. The van der Waals surface area contributed by atoms with Gasteiger partial charge in [-0.25, -0.2) is 0 Å². The molecule has 0 aliphatic heterocycles. The lowest BCUT2D eigenvalue weighted by molar-refractivity contribution is 0.592. The first-order valence-electron chi connectivity index (χ1n) is 4.70. The van der Waals surface area contributed by atoms with E-state index in [1.165, 1.54) is 5.56 Å². The fraction of sp³-hybridized carbons (Fsp3) is 0.333. The molecule has 2 heteroatoms. The maximum atomic E-state index is 5.36. The van der Waals surface area contributed by atoms with E-state index in [1.54, 1.807) is 0 Å². The number of rotatable bonds is 4. The van der Waals surface area contributed by atoms with Gasteiger partial charge in [-0.1, -0.05) is 40.9 Å². The van der Waals surface area contributed by atoms with Crippen molar-refractivity contribution in [3.05, 3.63) is 34.3 Å². The summed E-state index contributed by atoms with van der Waals surface area (Å²) in [7, 11) is 0. The van der Waals surface area contributed by atoms with Gasteiger partial charge in [0.15, 0.2) is 0 Å². The average molecular weight is 252 g/mol. The Kier molecular flexibility index (Phi) is 4.72. The number of hydrogen-bond acceptors (Lipinski definition) is 1. The van der Waals surface area contributed by atoms with Gasteiger partial charge in [0.25, 0.3) is 0 Å². The standard InChI is InChI=1S/C12H14BrN/c1-3-12(4-2)14-9-10-6-5-7-11(13)8-10/h1,5-8,12,14H,4,9H2,2H3. The number of nitrogens with one attached hydrogen (secondary N) is 1. The van der Waals surface area contributed by atoms with Crippen molar-refractivity contribution in [2.75, 3.05) is 0 Å².